The molecule has 90 valence electrons. The Morgan fingerprint density at radius 3 is 2.71 bits per heavy atom. The summed E-state index contributed by atoms with van der Waals surface area (Å²) in [5.74, 6) is 1.24. The lowest BCUT2D eigenvalue weighted by atomic mass is 10.3. The highest BCUT2D eigenvalue weighted by atomic mass is 16.5. The largest absolute Gasteiger partial charge is 0.436 e. The van der Waals surface area contributed by atoms with Crippen molar-refractivity contribution < 1.29 is 4.74 Å². The second-order valence-corrected chi connectivity index (χ2v) is 3.86. The minimum atomic E-state index is 0.576. The number of nitrogen functional groups attached to an aromatic ring is 1. The van der Waals surface area contributed by atoms with Crippen LogP contribution in [-0.4, -0.2) is 14.8 Å². The van der Waals surface area contributed by atoms with Crippen molar-refractivity contribution >= 4 is 5.69 Å². The molecule has 2 rings (SSSR count). The Morgan fingerprint density at radius 2 is 2.12 bits per heavy atom. The summed E-state index contributed by atoms with van der Waals surface area (Å²) in [6.07, 6.45) is 1.68. The highest BCUT2D eigenvalue weighted by Gasteiger charge is 2.13. The maximum Gasteiger partial charge on any atom is 0.241 e. The van der Waals surface area contributed by atoms with Crippen LogP contribution in [0.1, 0.15) is 18.3 Å². The van der Waals surface area contributed by atoms with Gasteiger partial charge in [-0.3, -0.25) is 4.98 Å². The van der Waals surface area contributed by atoms with E-state index in [0.29, 0.717) is 23.9 Å². The zero-order valence-electron chi connectivity index (χ0n) is 10.3. The Balaban J connectivity index is 2.32. The molecule has 17 heavy (non-hydrogen) atoms. The van der Waals surface area contributed by atoms with E-state index in [1.54, 1.807) is 10.9 Å². The molecular weight excluding hydrogens is 216 g/mol. The van der Waals surface area contributed by atoms with Crippen molar-refractivity contribution in [3.05, 3.63) is 29.7 Å². The molecule has 0 atom stereocenters. The van der Waals surface area contributed by atoms with Crippen molar-refractivity contribution in [1.82, 2.24) is 14.8 Å². The summed E-state index contributed by atoms with van der Waals surface area (Å²) in [6, 6.07) is 3.76. The number of aryl methyl sites for hydroxylation is 3. The van der Waals surface area contributed by atoms with Crippen LogP contribution in [0.4, 0.5) is 5.69 Å². The number of nitrogens with two attached hydrogens (primary N) is 1. The lowest BCUT2D eigenvalue weighted by molar-refractivity contribution is 0.417. The molecule has 5 heteroatoms. The molecule has 0 spiro atoms. The molecule has 0 unspecified atom stereocenters. The Labute approximate surface area is 100 Å². The van der Waals surface area contributed by atoms with Crippen LogP contribution in [-0.2, 0) is 6.54 Å². The third kappa shape index (κ3) is 2.22. The highest BCUT2D eigenvalue weighted by Crippen LogP contribution is 2.29. The lowest BCUT2D eigenvalue weighted by Gasteiger charge is -2.07. The minimum absolute atomic E-state index is 0.576. The number of hydrogen-bond acceptors (Lipinski definition) is 4. The van der Waals surface area contributed by atoms with Gasteiger partial charge in [-0.15, -0.1) is 0 Å². The highest BCUT2D eigenvalue weighted by molar-refractivity contribution is 5.53. The van der Waals surface area contributed by atoms with Gasteiger partial charge in [-0.2, -0.15) is 5.10 Å². The van der Waals surface area contributed by atoms with Gasteiger partial charge in [0.1, 0.15) is 11.4 Å². The van der Waals surface area contributed by atoms with Gasteiger partial charge < -0.3 is 10.5 Å². The van der Waals surface area contributed by atoms with Gasteiger partial charge in [0.25, 0.3) is 0 Å². The van der Waals surface area contributed by atoms with Crippen LogP contribution in [0.5, 0.6) is 11.6 Å². The standard InChI is InChI=1S/C12H16N4O/c1-4-16-12(11(13)9(3)15-16)17-10-6-5-8(2)14-7-10/h5-7H,4,13H2,1-3H3. The number of pyridine rings is 1. The SMILES string of the molecule is CCn1nc(C)c(N)c1Oc1ccc(C)nc1. The van der Waals surface area contributed by atoms with Crippen molar-refractivity contribution in [3.8, 4) is 11.6 Å². The molecule has 0 aliphatic heterocycles. The molecule has 0 aliphatic carbocycles. The van der Waals surface area contributed by atoms with Crippen LogP contribution >= 0.6 is 0 Å². The molecule has 0 aliphatic rings. The fraction of sp³-hybridized carbons (Fsp3) is 0.333. The van der Waals surface area contributed by atoms with Crippen molar-refractivity contribution in [2.45, 2.75) is 27.3 Å². The first kappa shape index (κ1) is 11.4. The summed E-state index contributed by atoms with van der Waals surface area (Å²) in [6.45, 7) is 6.50. The Kier molecular flexibility index (Phi) is 2.99. The zero-order chi connectivity index (χ0) is 12.4. The van der Waals surface area contributed by atoms with Crippen molar-refractivity contribution in [3.63, 3.8) is 0 Å². The second-order valence-electron chi connectivity index (χ2n) is 3.86. The quantitative estimate of drug-likeness (QED) is 0.881. The van der Waals surface area contributed by atoms with Crippen LogP contribution in [0.15, 0.2) is 18.3 Å². The molecule has 0 radical (unpaired) electrons. The van der Waals surface area contributed by atoms with Gasteiger partial charge in [-0.25, -0.2) is 4.68 Å². The molecular formula is C12H16N4O. The molecule has 0 fully saturated rings. The molecule has 2 aromatic rings. The second kappa shape index (κ2) is 4.45. The predicted octanol–water partition coefficient (Wildman–Crippen LogP) is 2.29. The van der Waals surface area contributed by atoms with Gasteiger partial charge in [0, 0.05) is 12.2 Å². The minimum Gasteiger partial charge on any atom is -0.436 e. The van der Waals surface area contributed by atoms with E-state index in [1.165, 1.54) is 0 Å². The van der Waals surface area contributed by atoms with Crippen molar-refractivity contribution in [1.29, 1.82) is 0 Å². The van der Waals surface area contributed by atoms with E-state index in [4.69, 9.17) is 10.5 Å². The topological polar surface area (TPSA) is 66.0 Å². The molecule has 0 saturated carbocycles. The predicted molar refractivity (Wildman–Crippen MR) is 66.1 cm³/mol. The third-order valence-electron chi connectivity index (χ3n) is 2.52. The Bertz CT molecular complexity index is 516. The number of rotatable bonds is 3. The van der Waals surface area contributed by atoms with E-state index in [9.17, 15) is 0 Å². The summed E-state index contributed by atoms with van der Waals surface area (Å²) < 4.78 is 7.46. The van der Waals surface area contributed by atoms with Gasteiger partial charge in [-0.1, -0.05) is 0 Å². The maximum absolute atomic E-state index is 5.93. The average Bonchev–Trinajstić information content (AvgIpc) is 2.59. The van der Waals surface area contributed by atoms with E-state index in [2.05, 4.69) is 10.1 Å². The molecule has 2 aromatic heterocycles. The number of anilines is 1. The third-order valence-corrected chi connectivity index (χ3v) is 2.52. The van der Waals surface area contributed by atoms with Crippen molar-refractivity contribution in [2.24, 2.45) is 0 Å². The fourth-order valence-corrected chi connectivity index (χ4v) is 1.52. The smallest absolute Gasteiger partial charge is 0.241 e. The zero-order valence-corrected chi connectivity index (χ0v) is 10.3. The Hall–Kier alpha value is -2.04. The van der Waals surface area contributed by atoms with Crippen LogP contribution in [0.25, 0.3) is 0 Å². The van der Waals surface area contributed by atoms with E-state index in [1.807, 2.05) is 32.9 Å². The van der Waals surface area contributed by atoms with Gasteiger partial charge >= 0.3 is 0 Å². The van der Waals surface area contributed by atoms with E-state index < -0.39 is 0 Å². The number of aromatic nitrogens is 3. The van der Waals surface area contributed by atoms with Crippen LogP contribution in [0.2, 0.25) is 0 Å². The van der Waals surface area contributed by atoms with Gasteiger partial charge in [-0.05, 0) is 32.9 Å². The van der Waals surface area contributed by atoms with Crippen molar-refractivity contribution in [2.75, 3.05) is 5.73 Å². The van der Waals surface area contributed by atoms with Gasteiger partial charge in [0.2, 0.25) is 5.88 Å². The van der Waals surface area contributed by atoms with Crippen LogP contribution in [0.3, 0.4) is 0 Å². The van der Waals surface area contributed by atoms with E-state index in [0.717, 1.165) is 11.4 Å². The fourth-order valence-electron chi connectivity index (χ4n) is 1.52. The molecule has 0 bridgehead atoms. The average molecular weight is 232 g/mol. The summed E-state index contributed by atoms with van der Waals surface area (Å²) >= 11 is 0. The van der Waals surface area contributed by atoms with E-state index >= 15 is 0 Å². The number of hydrogen-bond donors (Lipinski definition) is 1. The summed E-state index contributed by atoms with van der Waals surface area (Å²) in [7, 11) is 0. The molecule has 0 saturated heterocycles. The van der Waals surface area contributed by atoms with Gasteiger partial charge in [0.15, 0.2) is 0 Å². The first-order chi connectivity index (χ1) is 8.11. The molecule has 2 heterocycles. The van der Waals surface area contributed by atoms with Crippen LogP contribution < -0.4 is 10.5 Å². The number of ether oxygens (including phenoxy) is 1. The van der Waals surface area contributed by atoms with Gasteiger partial charge in [0.05, 0.1) is 11.9 Å². The Morgan fingerprint density at radius 1 is 1.35 bits per heavy atom. The maximum atomic E-state index is 5.93. The van der Waals surface area contributed by atoms with Crippen LogP contribution in [0, 0.1) is 13.8 Å². The molecule has 0 aromatic carbocycles. The van der Waals surface area contributed by atoms with E-state index in [-0.39, 0.29) is 0 Å². The summed E-state index contributed by atoms with van der Waals surface area (Å²) in [4.78, 5) is 4.17. The first-order valence-electron chi connectivity index (χ1n) is 5.55. The molecule has 5 nitrogen and oxygen atoms in total. The first-order valence-corrected chi connectivity index (χ1v) is 5.55. The summed E-state index contributed by atoms with van der Waals surface area (Å²) in [5, 5.41) is 4.29. The summed E-state index contributed by atoms with van der Waals surface area (Å²) in [5.41, 5.74) is 8.23. The number of nitrogens with zero attached hydrogens (tertiary/aromatic N) is 3. The monoisotopic (exact) mass is 232 g/mol. The lowest BCUT2D eigenvalue weighted by Crippen LogP contribution is -2.01. The molecule has 2 N–H and O–H groups in total. The molecule has 0 amide bonds. The normalized spacial score (nSPS) is 10.5.